The van der Waals surface area contributed by atoms with Gasteiger partial charge in [-0.15, -0.1) is 12.3 Å². The molecule has 0 unspecified atom stereocenters. The Balaban J connectivity index is 2.11. The zero-order valence-corrected chi connectivity index (χ0v) is 11.3. The maximum absolute atomic E-state index is 12.1. The Morgan fingerprint density at radius 3 is 3.00 bits per heavy atom. The molecule has 0 saturated carbocycles. The van der Waals surface area contributed by atoms with E-state index in [1.807, 2.05) is 6.07 Å². The second kappa shape index (κ2) is 6.11. The van der Waals surface area contributed by atoms with E-state index in [4.69, 9.17) is 11.2 Å². The molecular weight excluding hydrogens is 256 g/mol. The number of carbonyl (C=O) groups is 2. The normalized spacial score (nSPS) is 13.2. The number of fused-ring (bicyclic) bond motifs is 1. The number of hydrogen-bond donors (Lipinski definition) is 0. The fraction of sp³-hybridized carbons (Fsp3) is 0.333. The van der Waals surface area contributed by atoms with Crippen LogP contribution in [0.25, 0.3) is 0 Å². The van der Waals surface area contributed by atoms with Gasteiger partial charge in [0.2, 0.25) is 5.91 Å². The minimum atomic E-state index is -0.220. The molecule has 0 aliphatic carbocycles. The molecule has 1 aliphatic heterocycles. The standard InChI is InChI=1S/C15H16N2O3/c1-3-4-9-16(2)14(18)10-17-12-7-5-6-8-13(12)20-11-15(17)19/h1,5-8H,4,9-11H2,2H3. The minimum Gasteiger partial charge on any atom is -0.482 e. The number of hydrogen-bond acceptors (Lipinski definition) is 3. The van der Waals surface area contributed by atoms with Crippen LogP contribution in [0.15, 0.2) is 24.3 Å². The number of terminal acetylenes is 1. The van der Waals surface area contributed by atoms with Crippen molar-refractivity contribution in [3.63, 3.8) is 0 Å². The molecule has 1 aromatic rings. The smallest absolute Gasteiger partial charge is 0.265 e. The van der Waals surface area contributed by atoms with E-state index in [1.54, 1.807) is 25.2 Å². The molecule has 0 N–H and O–H groups in total. The number of nitrogens with zero attached hydrogens (tertiary/aromatic N) is 2. The van der Waals surface area contributed by atoms with Crippen molar-refractivity contribution in [1.82, 2.24) is 4.90 Å². The lowest BCUT2D eigenvalue weighted by molar-refractivity contribution is -0.130. The second-order valence-corrected chi connectivity index (χ2v) is 4.51. The van der Waals surface area contributed by atoms with Crippen LogP contribution in [0.1, 0.15) is 6.42 Å². The molecule has 0 aromatic heterocycles. The Bertz CT molecular complexity index is 562. The molecule has 0 radical (unpaired) electrons. The van der Waals surface area contributed by atoms with Crippen molar-refractivity contribution in [2.75, 3.05) is 31.6 Å². The maximum atomic E-state index is 12.1. The van der Waals surface area contributed by atoms with Gasteiger partial charge < -0.3 is 9.64 Å². The van der Waals surface area contributed by atoms with Gasteiger partial charge in [-0.2, -0.15) is 0 Å². The fourth-order valence-corrected chi connectivity index (χ4v) is 1.94. The highest BCUT2D eigenvalue weighted by molar-refractivity contribution is 6.02. The van der Waals surface area contributed by atoms with E-state index in [9.17, 15) is 9.59 Å². The van der Waals surface area contributed by atoms with Gasteiger partial charge in [0.25, 0.3) is 5.91 Å². The van der Waals surface area contributed by atoms with Crippen molar-refractivity contribution in [3.8, 4) is 18.1 Å². The lowest BCUT2D eigenvalue weighted by Crippen LogP contribution is -2.45. The van der Waals surface area contributed by atoms with Gasteiger partial charge in [0.05, 0.1) is 5.69 Å². The minimum absolute atomic E-state index is 0.000276. The van der Waals surface area contributed by atoms with Crippen LogP contribution in [0.3, 0.4) is 0 Å². The Morgan fingerprint density at radius 1 is 1.50 bits per heavy atom. The van der Waals surface area contributed by atoms with E-state index < -0.39 is 0 Å². The van der Waals surface area contributed by atoms with Crippen molar-refractivity contribution < 1.29 is 14.3 Å². The van der Waals surface area contributed by atoms with Gasteiger partial charge >= 0.3 is 0 Å². The van der Waals surface area contributed by atoms with E-state index in [2.05, 4.69) is 5.92 Å². The summed E-state index contributed by atoms with van der Waals surface area (Å²) in [6.45, 7) is 0.439. The van der Waals surface area contributed by atoms with Gasteiger partial charge in [0.15, 0.2) is 6.61 Å². The summed E-state index contributed by atoms with van der Waals surface area (Å²) in [5.74, 6) is 2.74. The first-order chi connectivity index (χ1) is 9.63. The first-order valence-corrected chi connectivity index (χ1v) is 6.33. The Hall–Kier alpha value is -2.48. The molecule has 2 amide bonds. The van der Waals surface area contributed by atoms with Crippen LogP contribution >= 0.6 is 0 Å². The van der Waals surface area contributed by atoms with Gasteiger partial charge in [-0.1, -0.05) is 12.1 Å². The van der Waals surface area contributed by atoms with E-state index in [1.165, 1.54) is 9.80 Å². The average Bonchev–Trinajstić information content (AvgIpc) is 2.47. The fourth-order valence-electron chi connectivity index (χ4n) is 1.94. The van der Waals surface area contributed by atoms with Crippen LogP contribution in [-0.2, 0) is 9.59 Å². The number of para-hydroxylation sites is 2. The third-order valence-electron chi connectivity index (χ3n) is 3.12. The Labute approximate surface area is 118 Å². The quantitative estimate of drug-likeness (QED) is 0.765. The molecule has 2 rings (SSSR count). The highest BCUT2D eigenvalue weighted by atomic mass is 16.5. The molecule has 5 heteroatoms. The molecule has 5 nitrogen and oxygen atoms in total. The number of carbonyl (C=O) groups excluding carboxylic acids is 2. The summed E-state index contributed by atoms with van der Waals surface area (Å²) in [7, 11) is 1.68. The van der Waals surface area contributed by atoms with Gasteiger partial charge in [0, 0.05) is 20.0 Å². The number of anilines is 1. The third-order valence-corrected chi connectivity index (χ3v) is 3.12. The summed E-state index contributed by atoms with van der Waals surface area (Å²) in [4.78, 5) is 27.0. The molecule has 1 aliphatic rings. The Kier molecular flexibility index (Phi) is 4.26. The van der Waals surface area contributed by atoms with Crippen LogP contribution in [0.5, 0.6) is 5.75 Å². The number of rotatable bonds is 4. The molecule has 104 valence electrons. The Morgan fingerprint density at radius 2 is 2.25 bits per heavy atom. The first-order valence-electron chi connectivity index (χ1n) is 6.33. The highest BCUT2D eigenvalue weighted by Crippen LogP contribution is 2.31. The van der Waals surface area contributed by atoms with Crippen molar-refractivity contribution in [2.45, 2.75) is 6.42 Å². The summed E-state index contributed by atoms with van der Waals surface area (Å²) in [6.07, 6.45) is 5.67. The van der Waals surface area contributed by atoms with Crippen LogP contribution < -0.4 is 9.64 Å². The molecule has 1 heterocycles. The topological polar surface area (TPSA) is 49.9 Å². The lowest BCUT2D eigenvalue weighted by atomic mass is 10.2. The zero-order chi connectivity index (χ0) is 14.5. The SMILES string of the molecule is C#CCCN(C)C(=O)CN1C(=O)COc2ccccc21. The largest absolute Gasteiger partial charge is 0.482 e. The van der Waals surface area contributed by atoms with E-state index >= 15 is 0 Å². The summed E-state index contributed by atoms with van der Waals surface area (Å²) in [5, 5.41) is 0. The number of ether oxygens (including phenoxy) is 1. The van der Waals surface area contributed by atoms with Gasteiger partial charge in [-0.25, -0.2) is 0 Å². The first kappa shape index (κ1) is 13.9. The van der Waals surface area contributed by atoms with Gasteiger partial charge in [-0.05, 0) is 12.1 Å². The van der Waals surface area contributed by atoms with Crippen LogP contribution in [-0.4, -0.2) is 43.5 Å². The summed E-state index contributed by atoms with van der Waals surface area (Å²) < 4.78 is 5.33. The number of amides is 2. The van der Waals surface area contributed by atoms with E-state index in [0.717, 1.165) is 0 Å². The van der Waals surface area contributed by atoms with Crippen LogP contribution in [0, 0.1) is 12.3 Å². The second-order valence-electron chi connectivity index (χ2n) is 4.51. The molecule has 0 saturated heterocycles. The summed E-state index contributed by atoms with van der Waals surface area (Å²) in [5.41, 5.74) is 0.627. The van der Waals surface area contributed by atoms with Crippen molar-refractivity contribution >= 4 is 17.5 Å². The summed E-state index contributed by atoms with van der Waals surface area (Å²) in [6, 6.07) is 7.18. The maximum Gasteiger partial charge on any atom is 0.265 e. The van der Waals surface area contributed by atoms with Crippen LogP contribution in [0.4, 0.5) is 5.69 Å². The molecule has 0 atom stereocenters. The number of benzene rings is 1. The monoisotopic (exact) mass is 272 g/mol. The zero-order valence-electron chi connectivity index (χ0n) is 11.3. The molecule has 1 aromatic carbocycles. The van der Waals surface area contributed by atoms with Crippen LogP contribution in [0.2, 0.25) is 0 Å². The average molecular weight is 272 g/mol. The van der Waals surface area contributed by atoms with E-state index in [0.29, 0.717) is 24.4 Å². The molecule has 0 spiro atoms. The third kappa shape index (κ3) is 2.91. The molecular formula is C15H16N2O3. The summed E-state index contributed by atoms with van der Waals surface area (Å²) >= 11 is 0. The highest BCUT2D eigenvalue weighted by Gasteiger charge is 2.27. The van der Waals surface area contributed by atoms with Crippen molar-refractivity contribution in [3.05, 3.63) is 24.3 Å². The lowest BCUT2D eigenvalue weighted by Gasteiger charge is -2.30. The number of likely N-dealkylation sites (N-methyl/N-ethyl adjacent to an activating group) is 1. The van der Waals surface area contributed by atoms with E-state index in [-0.39, 0.29) is 25.0 Å². The van der Waals surface area contributed by atoms with Crippen molar-refractivity contribution in [2.24, 2.45) is 0 Å². The molecule has 20 heavy (non-hydrogen) atoms. The van der Waals surface area contributed by atoms with Gasteiger partial charge in [-0.3, -0.25) is 14.5 Å². The van der Waals surface area contributed by atoms with Crippen molar-refractivity contribution in [1.29, 1.82) is 0 Å². The predicted octanol–water partition coefficient (Wildman–Crippen LogP) is 0.894. The predicted molar refractivity (Wildman–Crippen MR) is 75.4 cm³/mol. The van der Waals surface area contributed by atoms with Gasteiger partial charge in [0.1, 0.15) is 12.3 Å². The molecule has 0 fully saturated rings. The molecule has 0 bridgehead atoms.